The van der Waals surface area contributed by atoms with Crippen molar-refractivity contribution in [3.8, 4) is 0 Å². The molecular weight excluding hydrogens is 514 g/mol. The number of carbonyl (C=O) groups excluding carboxylic acids is 3. The summed E-state index contributed by atoms with van der Waals surface area (Å²) in [6, 6.07) is 19.8. The third-order valence-electron chi connectivity index (χ3n) is 7.21. The molecule has 0 bridgehead atoms. The molecule has 3 aromatic carbocycles. The number of nitrogens with zero attached hydrogens (tertiary/aromatic N) is 7. The maximum Gasteiger partial charge on any atom is 0.269 e. The normalized spacial score (nSPS) is 21.7. The number of amides is 3. The van der Waals surface area contributed by atoms with Crippen LogP contribution in [0.5, 0.6) is 0 Å². The number of benzene rings is 3. The molecule has 3 heterocycles. The van der Waals surface area contributed by atoms with Crippen molar-refractivity contribution in [2.75, 3.05) is 11.4 Å². The summed E-state index contributed by atoms with van der Waals surface area (Å²) in [5.74, 6) is -1.45. The van der Waals surface area contributed by atoms with E-state index in [9.17, 15) is 24.5 Å². The summed E-state index contributed by atoms with van der Waals surface area (Å²) < 4.78 is 0. The predicted molar refractivity (Wildman–Crippen MR) is 143 cm³/mol. The van der Waals surface area contributed by atoms with Gasteiger partial charge in [0.25, 0.3) is 23.4 Å². The van der Waals surface area contributed by atoms with Crippen LogP contribution < -0.4 is 4.90 Å². The number of nitro groups is 1. The Hall–Kier alpha value is -5.26. The summed E-state index contributed by atoms with van der Waals surface area (Å²) in [6.45, 7) is 1.57. The largest absolute Gasteiger partial charge is 0.271 e. The van der Waals surface area contributed by atoms with Gasteiger partial charge in [-0.05, 0) is 30.2 Å². The van der Waals surface area contributed by atoms with Crippen LogP contribution in [0, 0.1) is 17.0 Å². The number of carbonyl (C=O) groups is 3. The average Bonchev–Trinajstić information content (AvgIpc) is 3.65. The van der Waals surface area contributed by atoms with Crippen molar-refractivity contribution >= 4 is 34.8 Å². The molecule has 12 nitrogen and oxygen atoms in total. The molecular formula is C28H23N7O5. The van der Waals surface area contributed by atoms with Crippen LogP contribution in [0.15, 0.2) is 94.3 Å². The molecule has 1 saturated heterocycles. The summed E-state index contributed by atoms with van der Waals surface area (Å²) >= 11 is 0. The number of hydrogen-bond acceptors (Lipinski definition) is 9. The van der Waals surface area contributed by atoms with Gasteiger partial charge in [0.2, 0.25) is 0 Å². The van der Waals surface area contributed by atoms with Crippen molar-refractivity contribution in [1.82, 2.24) is 10.0 Å². The molecule has 0 aliphatic carbocycles. The van der Waals surface area contributed by atoms with Crippen LogP contribution in [-0.2, 0) is 14.4 Å². The molecule has 0 unspecified atom stereocenters. The number of rotatable bonds is 6. The van der Waals surface area contributed by atoms with Crippen molar-refractivity contribution < 1.29 is 19.3 Å². The lowest BCUT2D eigenvalue weighted by Crippen LogP contribution is -2.44. The highest BCUT2D eigenvalue weighted by Crippen LogP contribution is 2.35. The minimum absolute atomic E-state index is 0.0603. The van der Waals surface area contributed by atoms with Crippen molar-refractivity contribution in [3.05, 3.63) is 106 Å². The van der Waals surface area contributed by atoms with E-state index in [0.717, 1.165) is 16.0 Å². The Morgan fingerprint density at radius 2 is 1.68 bits per heavy atom. The van der Waals surface area contributed by atoms with Crippen LogP contribution in [0.4, 0.5) is 11.4 Å². The predicted octanol–water partition coefficient (Wildman–Crippen LogP) is 3.57. The second-order valence-corrected chi connectivity index (χ2v) is 9.76. The van der Waals surface area contributed by atoms with E-state index in [-0.39, 0.29) is 12.2 Å². The van der Waals surface area contributed by atoms with Gasteiger partial charge in [0, 0.05) is 18.6 Å². The van der Waals surface area contributed by atoms with Gasteiger partial charge in [-0.1, -0.05) is 65.4 Å². The molecule has 3 aromatic rings. The first kappa shape index (κ1) is 25.0. The standard InChI is InChI=1S/C28H23N7O5/c1-17-7-11-20(12-8-17)33-27(37)25-26(28(33)38)32(31-29-25)16-24(36)34-23(19-9-13-21(14-10-19)35(39)40)15-22(30-34)18-5-3-2-4-6-18/h2-14,23,25-26H,15-16H2,1H3/t23-,25-,26-/m0/s1. The topological polar surface area (TPSA) is 141 Å². The Balaban J connectivity index is 1.26. The Labute approximate surface area is 228 Å². The number of imide groups is 1. The Morgan fingerprint density at radius 3 is 2.35 bits per heavy atom. The van der Waals surface area contributed by atoms with Gasteiger partial charge in [-0.3, -0.25) is 29.5 Å². The van der Waals surface area contributed by atoms with Crippen LogP contribution in [0.2, 0.25) is 0 Å². The summed E-state index contributed by atoms with van der Waals surface area (Å²) in [5.41, 5.74) is 3.55. The summed E-state index contributed by atoms with van der Waals surface area (Å²) in [7, 11) is 0. The van der Waals surface area contributed by atoms with E-state index in [4.69, 9.17) is 0 Å². The summed E-state index contributed by atoms with van der Waals surface area (Å²) in [5, 5.41) is 26.3. The zero-order chi connectivity index (χ0) is 28.0. The molecule has 40 heavy (non-hydrogen) atoms. The number of nitro benzene ring substituents is 1. The molecule has 3 aliphatic rings. The third kappa shape index (κ3) is 4.28. The highest BCUT2D eigenvalue weighted by Gasteiger charge is 2.55. The van der Waals surface area contributed by atoms with Gasteiger partial charge in [-0.25, -0.2) is 9.91 Å². The first-order valence-electron chi connectivity index (χ1n) is 12.6. The number of aryl methyl sites for hydroxylation is 1. The lowest BCUT2D eigenvalue weighted by molar-refractivity contribution is -0.384. The Bertz CT molecular complexity index is 1570. The van der Waals surface area contributed by atoms with Gasteiger partial charge in [-0.15, -0.1) is 0 Å². The average molecular weight is 538 g/mol. The van der Waals surface area contributed by atoms with E-state index in [2.05, 4.69) is 15.4 Å². The molecule has 3 amide bonds. The Kier molecular flexibility index (Phi) is 6.14. The zero-order valence-electron chi connectivity index (χ0n) is 21.3. The van der Waals surface area contributed by atoms with Gasteiger partial charge >= 0.3 is 0 Å². The van der Waals surface area contributed by atoms with Gasteiger partial charge in [0.15, 0.2) is 12.1 Å². The van der Waals surface area contributed by atoms with E-state index in [1.165, 1.54) is 22.2 Å². The van der Waals surface area contributed by atoms with E-state index in [1.54, 1.807) is 36.4 Å². The molecule has 0 aromatic heterocycles. The van der Waals surface area contributed by atoms with Gasteiger partial charge in [-0.2, -0.15) is 10.2 Å². The molecule has 0 N–H and O–H groups in total. The minimum Gasteiger partial charge on any atom is -0.271 e. The number of fused-ring (bicyclic) bond motifs is 1. The van der Waals surface area contributed by atoms with Gasteiger partial charge in [0.05, 0.1) is 22.4 Å². The molecule has 0 radical (unpaired) electrons. The molecule has 0 spiro atoms. The zero-order valence-corrected chi connectivity index (χ0v) is 21.3. The van der Waals surface area contributed by atoms with Crippen LogP contribution >= 0.6 is 0 Å². The monoisotopic (exact) mass is 537 g/mol. The molecule has 0 saturated carbocycles. The van der Waals surface area contributed by atoms with E-state index >= 15 is 0 Å². The Morgan fingerprint density at radius 1 is 0.975 bits per heavy atom. The van der Waals surface area contributed by atoms with Crippen molar-refractivity contribution in [3.63, 3.8) is 0 Å². The van der Waals surface area contributed by atoms with Crippen LogP contribution in [0.25, 0.3) is 0 Å². The molecule has 3 aliphatic heterocycles. The summed E-state index contributed by atoms with van der Waals surface area (Å²) in [6.07, 6.45) is 0.389. The highest BCUT2D eigenvalue weighted by atomic mass is 16.6. The number of hydrogen-bond donors (Lipinski definition) is 0. The minimum atomic E-state index is -1.03. The van der Waals surface area contributed by atoms with Crippen LogP contribution in [-0.4, -0.2) is 57.0 Å². The summed E-state index contributed by atoms with van der Waals surface area (Å²) in [4.78, 5) is 51.8. The lowest BCUT2D eigenvalue weighted by atomic mass is 9.98. The molecule has 3 atom stereocenters. The number of hydrazone groups is 1. The van der Waals surface area contributed by atoms with Crippen LogP contribution in [0.3, 0.4) is 0 Å². The fourth-order valence-corrected chi connectivity index (χ4v) is 5.14. The smallest absolute Gasteiger partial charge is 0.269 e. The SMILES string of the molecule is Cc1ccc(N2C(=O)[C@H]3N=NN(CC(=O)N4N=C(c5ccccc5)C[C@H]4c4ccc([N+](=O)[O-])cc4)[C@@H]3C2=O)cc1. The third-order valence-corrected chi connectivity index (χ3v) is 7.21. The first-order chi connectivity index (χ1) is 19.3. The van der Waals surface area contributed by atoms with Crippen molar-refractivity contribution in [1.29, 1.82) is 0 Å². The van der Waals surface area contributed by atoms with E-state index in [0.29, 0.717) is 23.4 Å². The van der Waals surface area contributed by atoms with Crippen molar-refractivity contribution in [2.45, 2.75) is 31.5 Å². The van der Waals surface area contributed by atoms with Gasteiger partial charge < -0.3 is 0 Å². The number of anilines is 1. The maximum atomic E-state index is 13.7. The van der Waals surface area contributed by atoms with E-state index < -0.39 is 40.8 Å². The fourth-order valence-electron chi connectivity index (χ4n) is 5.14. The molecule has 1 fully saturated rings. The quantitative estimate of drug-likeness (QED) is 0.267. The van der Waals surface area contributed by atoms with E-state index in [1.807, 2.05) is 37.3 Å². The maximum absolute atomic E-state index is 13.7. The highest BCUT2D eigenvalue weighted by molar-refractivity contribution is 6.25. The lowest BCUT2D eigenvalue weighted by Gasteiger charge is -2.25. The van der Waals surface area contributed by atoms with Crippen LogP contribution in [0.1, 0.15) is 29.2 Å². The van der Waals surface area contributed by atoms with Crippen molar-refractivity contribution in [2.24, 2.45) is 15.4 Å². The fraction of sp³-hybridized carbons (Fsp3) is 0.214. The molecule has 200 valence electrons. The first-order valence-corrected chi connectivity index (χ1v) is 12.6. The molecule has 6 rings (SSSR count). The van der Waals surface area contributed by atoms with Gasteiger partial charge in [0.1, 0.15) is 6.54 Å². The second-order valence-electron chi connectivity index (χ2n) is 9.76. The second kappa shape index (κ2) is 9.80. The number of non-ortho nitro benzene ring substituents is 1. The molecule has 12 heteroatoms.